The van der Waals surface area contributed by atoms with E-state index in [1.165, 1.54) is 25.3 Å². The van der Waals surface area contributed by atoms with E-state index in [1.54, 1.807) is 20.8 Å². The van der Waals surface area contributed by atoms with Crippen LogP contribution in [0.1, 0.15) is 31.1 Å². The van der Waals surface area contributed by atoms with E-state index in [0.29, 0.717) is 11.1 Å². The van der Waals surface area contributed by atoms with Gasteiger partial charge >= 0.3 is 5.97 Å². The van der Waals surface area contributed by atoms with Gasteiger partial charge in [-0.1, -0.05) is 12.1 Å². The van der Waals surface area contributed by atoms with Gasteiger partial charge in [0.25, 0.3) is 0 Å². The summed E-state index contributed by atoms with van der Waals surface area (Å²) in [5.41, 5.74) is -0.138. The smallest absolute Gasteiger partial charge is 0.314 e. The zero-order chi connectivity index (χ0) is 13.2. The van der Waals surface area contributed by atoms with Gasteiger partial charge in [0, 0.05) is 0 Å². The largest absolute Gasteiger partial charge is 0.469 e. The van der Waals surface area contributed by atoms with Crippen molar-refractivity contribution in [2.24, 2.45) is 5.41 Å². The van der Waals surface area contributed by atoms with Crippen LogP contribution >= 0.6 is 0 Å². The van der Waals surface area contributed by atoms with Gasteiger partial charge in [-0.15, -0.1) is 0 Å². The molecule has 0 radical (unpaired) electrons. The fourth-order valence-corrected chi connectivity index (χ4v) is 1.63. The van der Waals surface area contributed by atoms with Crippen molar-refractivity contribution in [2.75, 3.05) is 7.11 Å². The van der Waals surface area contributed by atoms with Crippen molar-refractivity contribution < 1.29 is 19.0 Å². The minimum atomic E-state index is -1.07. The molecule has 0 saturated carbocycles. The molecule has 1 N–H and O–H groups in total. The van der Waals surface area contributed by atoms with Crippen molar-refractivity contribution in [1.82, 2.24) is 0 Å². The Balaban J connectivity index is 3.07. The number of rotatable bonds is 3. The maximum Gasteiger partial charge on any atom is 0.314 e. The van der Waals surface area contributed by atoms with Crippen LogP contribution in [-0.4, -0.2) is 18.2 Å². The molecule has 1 rings (SSSR count). The Morgan fingerprint density at radius 2 is 2.06 bits per heavy atom. The van der Waals surface area contributed by atoms with Crippen molar-refractivity contribution in [3.05, 3.63) is 35.1 Å². The number of hydrogen-bond acceptors (Lipinski definition) is 3. The molecule has 0 aliphatic carbocycles. The van der Waals surface area contributed by atoms with E-state index < -0.39 is 17.5 Å². The molecular formula is C13H17FO3. The summed E-state index contributed by atoms with van der Waals surface area (Å²) < 4.78 is 17.7. The average molecular weight is 240 g/mol. The predicted octanol–water partition coefficient (Wildman–Crippen LogP) is 2.37. The van der Waals surface area contributed by atoms with Crippen molar-refractivity contribution >= 4 is 5.97 Å². The number of esters is 1. The molecule has 1 atom stereocenters. The molecule has 94 valence electrons. The summed E-state index contributed by atoms with van der Waals surface area (Å²) in [6.07, 6.45) is -1.03. The van der Waals surface area contributed by atoms with E-state index in [0.717, 1.165) is 0 Å². The average Bonchev–Trinajstić information content (AvgIpc) is 2.30. The first kappa shape index (κ1) is 13.6. The number of benzene rings is 1. The van der Waals surface area contributed by atoms with Crippen molar-refractivity contribution in [3.8, 4) is 0 Å². The normalized spacial score (nSPS) is 13.3. The van der Waals surface area contributed by atoms with Crippen LogP contribution in [0.5, 0.6) is 0 Å². The van der Waals surface area contributed by atoms with Crippen LogP contribution in [0.2, 0.25) is 0 Å². The highest BCUT2D eigenvalue weighted by atomic mass is 19.1. The second-order valence-electron chi connectivity index (χ2n) is 4.62. The molecule has 0 aromatic heterocycles. The van der Waals surface area contributed by atoms with Gasteiger partial charge in [0.1, 0.15) is 5.82 Å². The van der Waals surface area contributed by atoms with E-state index in [4.69, 9.17) is 0 Å². The summed E-state index contributed by atoms with van der Waals surface area (Å²) in [6.45, 7) is 4.78. The lowest BCUT2D eigenvalue weighted by atomic mass is 9.82. The summed E-state index contributed by atoms with van der Waals surface area (Å²) in [5.74, 6) is -0.844. The molecule has 3 nitrogen and oxygen atoms in total. The summed E-state index contributed by atoms with van der Waals surface area (Å²) in [7, 11) is 1.27. The van der Waals surface area contributed by atoms with Gasteiger partial charge in [-0.3, -0.25) is 4.79 Å². The molecule has 0 heterocycles. The highest BCUT2D eigenvalue weighted by molar-refractivity contribution is 5.76. The molecular weight excluding hydrogens is 223 g/mol. The van der Waals surface area contributed by atoms with E-state index in [9.17, 15) is 14.3 Å². The number of carbonyl (C=O) groups is 1. The van der Waals surface area contributed by atoms with Crippen molar-refractivity contribution in [2.45, 2.75) is 26.9 Å². The summed E-state index contributed by atoms with van der Waals surface area (Å²) in [5, 5.41) is 10.1. The van der Waals surface area contributed by atoms with Crippen molar-refractivity contribution in [1.29, 1.82) is 0 Å². The quantitative estimate of drug-likeness (QED) is 0.825. The Hall–Kier alpha value is -1.42. The molecule has 4 heteroatoms. The Morgan fingerprint density at radius 1 is 1.47 bits per heavy atom. The van der Waals surface area contributed by atoms with Gasteiger partial charge in [0.05, 0.1) is 18.6 Å². The third-order valence-electron chi connectivity index (χ3n) is 2.89. The molecule has 0 aliphatic rings. The van der Waals surface area contributed by atoms with Gasteiger partial charge < -0.3 is 9.84 Å². The van der Waals surface area contributed by atoms with Gasteiger partial charge in [-0.25, -0.2) is 4.39 Å². The van der Waals surface area contributed by atoms with Crippen LogP contribution in [0.25, 0.3) is 0 Å². The maximum atomic E-state index is 13.1. The Bertz CT molecular complexity index is 427. The summed E-state index contributed by atoms with van der Waals surface area (Å²) in [6, 6.07) is 4.28. The van der Waals surface area contributed by atoms with Crippen LogP contribution in [0.15, 0.2) is 18.2 Å². The lowest BCUT2D eigenvalue weighted by molar-refractivity contribution is -0.157. The van der Waals surface area contributed by atoms with Gasteiger partial charge in [-0.2, -0.15) is 0 Å². The second kappa shape index (κ2) is 4.84. The first-order valence-electron chi connectivity index (χ1n) is 5.33. The summed E-state index contributed by atoms with van der Waals surface area (Å²) >= 11 is 0. The fourth-order valence-electron chi connectivity index (χ4n) is 1.63. The molecule has 1 unspecified atom stereocenters. The van der Waals surface area contributed by atoms with Crippen LogP contribution in [-0.2, 0) is 9.53 Å². The predicted molar refractivity (Wildman–Crippen MR) is 61.9 cm³/mol. The Morgan fingerprint density at radius 3 is 2.53 bits per heavy atom. The maximum absolute atomic E-state index is 13.1. The van der Waals surface area contributed by atoms with Crippen molar-refractivity contribution in [3.63, 3.8) is 0 Å². The first-order valence-corrected chi connectivity index (χ1v) is 5.33. The highest BCUT2D eigenvalue weighted by Crippen LogP contribution is 2.34. The zero-order valence-electron chi connectivity index (χ0n) is 10.5. The summed E-state index contributed by atoms with van der Waals surface area (Å²) in [4.78, 5) is 11.5. The highest BCUT2D eigenvalue weighted by Gasteiger charge is 2.37. The topological polar surface area (TPSA) is 46.5 Å². The van der Waals surface area contributed by atoms with Gasteiger partial charge in [-0.05, 0) is 38.0 Å². The number of hydrogen-bond donors (Lipinski definition) is 1. The lowest BCUT2D eigenvalue weighted by Crippen LogP contribution is -2.32. The molecule has 0 saturated heterocycles. The standard InChI is InChI=1S/C13H17FO3/c1-8-7-9(5-6-10(8)14)11(15)13(2,3)12(16)17-4/h5-7,11,15H,1-4H3. The number of aliphatic hydroxyl groups is 1. The zero-order valence-corrected chi connectivity index (χ0v) is 10.5. The van der Waals surface area contributed by atoms with E-state index in [1.807, 2.05) is 0 Å². The Labute approximate surface area is 100 Å². The van der Waals surface area contributed by atoms with E-state index >= 15 is 0 Å². The molecule has 0 aliphatic heterocycles. The second-order valence-corrected chi connectivity index (χ2v) is 4.62. The van der Waals surface area contributed by atoms with E-state index in [-0.39, 0.29) is 5.82 Å². The number of ether oxygens (including phenoxy) is 1. The first-order chi connectivity index (χ1) is 7.80. The van der Waals surface area contributed by atoms with Crippen LogP contribution in [0.3, 0.4) is 0 Å². The monoisotopic (exact) mass is 240 g/mol. The van der Waals surface area contributed by atoms with Gasteiger partial charge in [0.15, 0.2) is 0 Å². The van der Waals surface area contributed by atoms with Crippen LogP contribution in [0, 0.1) is 18.2 Å². The third kappa shape index (κ3) is 2.64. The number of aliphatic hydroxyl groups excluding tert-OH is 1. The van der Waals surface area contributed by atoms with E-state index in [2.05, 4.69) is 4.74 Å². The molecule has 0 fully saturated rings. The molecule has 0 amide bonds. The fraction of sp³-hybridized carbons (Fsp3) is 0.462. The molecule has 0 bridgehead atoms. The Kier molecular flexibility index (Phi) is 3.88. The van der Waals surface area contributed by atoms with Crippen LogP contribution < -0.4 is 0 Å². The molecule has 1 aromatic carbocycles. The molecule has 0 spiro atoms. The number of halogens is 1. The lowest BCUT2D eigenvalue weighted by Gasteiger charge is -2.28. The minimum absolute atomic E-state index is 0.336. The number of carbonyl (C=O) groups excluding carboxylic acids is 1. The molecule has 1 aromatic rings. The third-order valence-corrected chi connectivity index (χ3v) is 2.89. The minimum Gasteiger partial charge on any atom is -0.469 e. The molecule has 17 heavy (non-hydrogen) atoms. The SMILES string of the molecule is COC(=O)C(C)(C)C(O)c1ccc(F)c(C)c1. The number of methoxy groups -OCH3 is 1. The van der Waals surface area contributed by atoms with Crippen LogP contribution in [0.4, 0.5) is 4.39 Å². The van der Waals surface area contributed by atoms with Gasteiger partial charge in [0.2, 0.25) is 0 Å². The number of aryl methyl sites for hydroxylation is 1.